The molecule has 0 aliphatic heterocycles. The minimum absolute atomic E-state index is 0.245. The number of hydrogen-bond donors (Lipinski definition) is 1. The predicted molar refractivity (Wildman–Crippen MR) is 80.5 cm³/mol. The fraction of sp³-hybridized carbons (Fsp3) is 0.214. The van der Waals surface area contributed by atoms with Gasteiger partial charge in [0.1, 0.15) is 5.82 Å². The lowest BCUT2D eigenvalue weighted by molar-refractivity contribution is 0.780. The number of fused-ring (bicyclic) bond motifs is 1. The zero-order valence-corrected chi connectivity index (χ0v) is 12.2. The van der Waals surface area contributed by atoms with Gasteiger partial charge in [-0.05, 0) is 43.6 Å². The Morgan fingerprint density at radius 2 is 2.00 bits per heavy atom. The van der Waals surface area contributed by atoms with Gasteiger partial charge in [-0.25, -0.2) is 9.97 Å². The average Bonchev–Trinajstić information content (AvgIpc) is 2.74. The summed E-state index contributed by atoms with van der Waals surface area (Å²) in [5.41, 5.74) is 3.71. The van der Waals surface area contributed by atoms with E-state index < -0.39 is 0 Å². The Labute approximate surface area is 121 Å². The van der Waals surface area contributed by atoms with Crippen LogP contribution in [0.4, 0.5) is 11.5 Å². The normalized spacial score (nSPS) is 11.0. The van der Waals surface area contributed by atoms with E-state index in [1.165, 1.54) is 0 Å². The number of nitrogens with one attached hydrogen (secondary N) is 1. The summed E-state index contributed by atoms with van der Waals surface area (Å²) in [5.74, 6) is 0.720. The van der Waals surface area contributed by atoms with Crippen LogP contribution in [0.1, 0.15) is 11.3 Å². The van der Waals surface area contributed by atoms with Crippen molar-refractivity contribution in [2.75, 3.05) is 5.32 Å². The minimum atomic E-state index is 0.245. The molecule has 0 fully saturated rings. The molecular weight excluding hydrogens is 274 g/mol. The SMILES string of the molecule is Cc1nc(Cl)nc(Nc2ccc3cn(C)nc3c2)c1C. The third kappa shape index (κ3) is 2.32. The van der Waals surface area contributed by atoms with Crippen LogP contribution in [0.5, 0.6) is 0 Å². The first kappa shape index (κ1) is 12.9. The standard InChI is InChI=1S/C14H14ClN5/c1-8-9(2)16-14(15)18-13(8)17-11-5-4-10-7-20(3)19-12(10)6-11/h4-7H,1-3H3,(H,16,17,18). The molecule has 2 aromatic heterocycles. The molecule has 0 amide bonds. The number of rotatable bonds is 2. The summed E-state index contributed by atoms with van der Waals surface area (Å²) in [6, 6.07) is 6.00. The van der Waals surface area contributed by atoms with Gasteiger partial charge in [0.2, 0.25) is 5.28 Å². The van der Waals surface area contributed by atoms with E-state index in [1.807, 2.05) is 45.3 Å². The van der Waals surface area contributed by atoms with Gasteiger partial charge < -0.3 is 5.32 Å². The van der Waals surface area contributed by atoms with Crippen LogP contribution in [-0.4, -0.2) is 19.7 Å². The number of anilines is 2. The van der Waals surface area contributed by atoms with Gasteiger partial charge >= 0.3 is 0 Å². The third-order valence-electron chi connectivity index (χ3n) is 3.25. The van der Waals surface area contributed by atoms with E-state index in [0.717, 1.165) is 33.7 Å². The summed E-state index contributed by atoms with van der Waals surface area (Å²) in [6.45, 7) is 3.88. The number of nitrogens with zero attached hydrogens (tertiary/aromatic N) is 4. The molecule has 5 nitrogen and oxygen atoms in total. The highest BCUT2D eigenvalue weighted by Gasteiger charge is 2.08. The topological polar surface area (TPSA) is 55.6 Å². The van der Waals surface area contributed by atoms with Crippen molar-refractivity contribution in [3.63, 3.8) is 0 Å². The second-order valence-electron chi connectivity index (χ2n) is 4.75. The lowest BCUT2D eigenvalue weighted by Crippen LogP contribution is -2.01. The maximum atomic E-state index is 5.91. The van der Waals surface area contributed by atoms with Crippen molar-refractivity contribution in [3.8, 4) is 0 Å². The van der Waals surface area contributed by atoms with Gasteiger partial charge in [0.25, 0.3) is 0 Å². The van der Waals surface area contributed by atoms with E-state index >= 15 is 0 Å². The van der Waals surface area contributed by atoms with Crippen LogP contribution in [0, 0.1) is 13.8 Å². The summed E-state index contributed by atoms with van der Waals surface area (Å²) in [7, 11) is 1.91. The van der Waals surface area contributed by atoms with Crippen molar-refractivity contribution in [1.82, 2.24) is 19.7 Å². The zero-order valence-electron chi connectivity index (χ0n) is 11.5. The number of halogens is 1. The second-order valence-corrected chi connectivity index (χ2v) is 5.09. The second kappa shape index (κ2) is 4.76. The molecule has 3 aromatic rings. The van der Waals surface area contributed by atoms with Gasteiger partial charge in [-0.2, -0.15) is 5.10 Å². The van der Waals surface area contributed by atoms with E-state index in [9.17, 15) is 0 Å². The smallest absolute Gasteiger partial charge is 0.224 e. The average molecular weight is 288 g/mol. The van der Waals surface area contributed by atoms with E-state index in [4.69, 9.17) is 11.6 Å². The number of benzene rings is 1. The van der Waals surface area contributed by atoms with Crippen molar-refractivity contribution < 1.29 is 0 Å². The summed E-state index contributed by atoms with van der Waals surface area (Å²) in [4.78, 5) is 8.36. The first-order valence-electron chi connectivity index (χ1n) is 6.24. The molecule has 0 spiro atoms. The highest BCUT2D eigenvalue weighted by atomic mass is 35.5. The zero-order chi connectivity index (χ0) is 14.3. The van der Waals surface area contributed by atoms with Crippen molar-refractivity contribution in [3.05, 3.63) is 40.9 Å². The summed E-state index contributed by atoms with van der Waals surface area (Å²) in [5, 5.41) is 9.01. The largest absolute Gasteiger partial charge is 0.340 e. The first-order chi connectivity index (χ1) is 9.52. The number of aryl methyl sites for hydroxylation is 2. The molecular formula is C14H14ClN5. The summed E-state index contributed by atoms with van der Waals surface area (Å²) in [6.07, 6.45) is 1.98. The Kier molecular flexibility index (Phi) is 3.06. The molecule has 3 rings (SSSR count). The van der Waals surface area contributed by atoms with E-state index in [1.54, 1.807) is 4.68 Å². The molecule has 0 bridgehead atoms. The molecule has 0 atom stereocenters. The van der Waals surface area contributed by atoms with Gasteiger partial charge in [-0.15, -0.1) is 0 Å². The Morgan fingerprint density at radius 1 is 1.20 bits per heavy atom. The van der Waals surface area contributed by atoms with Gasteiger partial charge in [0.05, 0.1) is 5.52 Å². The minimum Gasteiger partial charge on any atom is -0.340 e. The molecule has 102 valence electrons. The Morgan fingerprint density at radius 3 is 2.80 bits per heavy atom. The monoisotopic (exact) mass is 287 g/mol. The van der Waals surface area contributed by atoms with E-state index in [-0.39, 0.29) is 5.28 Å². The molecule has 0 saturated carbocycles. The molecule has 1 aromatic carbocycles. The third-order valence-corrected chi connectivity index (χ3v) is 3.42. The summed E-state index contributed by atoms with van der Waals surface area (Å²) < 4.78 is 1.80. The molecule has 0 radical (unpaired) electrons. The predicted octanol–water partition coefficient (Wildman–Crippen LogP) is 3.38. The first-order valence-corrected chi connectivity index (χ1v) is 6.62. The van der Waals surface area contributed by atoms with Gasteiger partial charge in [0, 0.05) is 35.6 Å². The molecule has 0 aliphatic carbocycles. The lowest BCUT2D eigenvalue weighted by Gasteiger charge is -2.10. The molecule has 2 heterocycles. The maximum Gasteiger partial charge on any atom is 0.224 e. The number of hydrogen-bond acceptors (Lipinski definition) is 4. The van der Waals surface area contributed by atoms with Crippen LogP contribution < -0.4 is 5.32 Å². The van der Waals surface area contributed by atoms with Gasteiger partial charge in [-0.1, -0.05) is 0 Å². The van der Waals surface area contributed by atoms with Crippen LogP contribution in [0.3, 0.4) is 0 Å². The van der Waals surface area contributed by atoms with Crippen LogP contribution in [0.25, 0.3) is 10.9 Å². The van der Waals surface area contributed by atoms with Crippen molar-refractivity contribution in [1.29, 1.82) is 0 Å². The van der Waals surface area contributed by atoms with Crippen LogP contribution in [0.2, 0.25) is 5.28 Å². The number of aromatic nitrogens is 4. The van der Waals surface area contributed by atoms with Gasteiger partial charge in [-0.3, -0.25) is 4.68 Å². The molecule has 20 heavy (non-hydrogen) atoms. The van der Waals surface area contributed by atoms with E-state index in [0.29, 0.717) is 0 Å². The molecule has 0 aliphatic rings. The Bertz CT molecular complexity index is 794. The molecule has 6 heteroatoms. The molecule has 1 N–H and O–H groups in total. The Hall–Kier alpha value is -2.14. The van der Waals surface area contributed by atoms with Crippen LogP contribution >= 0.6 is 11.6 Å². The highest BCUT2D eigenvalue weighted by Crippen LogP contribution is 2.24. The maximum absolute atomic E-state index is 5.91. The molecule has 0 unspecified atom stereocenters. The quantitative estimate of drug-likeness (QED) is 0.734. The van der Waals surface area contributed by atoms with E-state index in [2.05, 4.69) is 20.4 Å². The molecule has 0 saturated heterocycles. The van der Waals surface area contributed by atoms with Crippen molar-refractivity contribution >= 4 is 34.0 Å². The van der Waals surface area contributed by atoms with Crippen LogP contribution in [0.15, 0.2) is 24.4 Å². The van der Waals surface area contributed by atoms with Gasteiger partial charge in [0.15, 0.2) is 0 Å². The van der Waals surface area contributed by atoms with Crippen molar-refractivity contribution in [2.45, 2.75) is 13.8 Å². The fourth-order valence-corrected chi connectivity index (χ4v) is 2.28. The lowest BCUT2D eigenvalue weighted by atomic mass is 10.2. The summed E-state index contributed by atoms with van der Waals surface area (Å²) >= 11 is 5.91. The highest BCUT2D eigenvalue weighted by molar-refractivity contribution is 6.28. The van der Waals surface area contributed by atoms with Crippen molar-refractivity contribution in [2.24, 2.45) is 7.05 Å². The van der Waals surface area contributed by atoms with Crippen LogP contribution in [-0.2, 0) is 7.05 Å². The fourth-order valence-electron chi connectivity index (χ4n) is 2.07. The Balaban J connectivity index is 2.00.